The maximum Gasteiger partial charge on any atom is 0.376 e. The van der Waals surface area contributed by atoms with E-state index in [2.05, 4.69) is 31.2 Å². The molecule has 1 rings (SSSR count). The number of carbonyl (C=O) groups is 1. The highest BCUT2D eigenvalue weighted by atomic mass is 79.9. The number of esters is 1. The van der Waals surface area contributed by atoms with E-state index < -0.39 is 5.97 Å². The number of hydrogen-bond donors (Lipinski definition) is 2. The Bertz CT molecular complexity index is 452. The third-order valence-corrected chi connectivity index (χ3v) is 2.94. The number of halogens is 1. The number of anilines is 1. The number of rotatable bonds is 6. The molecule has 0 amide bonds. The first kappa shape index (κ1) is 15.8. The minimum atomic E-state index is -0.556. The zero-order chi connectivity index (χ0) is 14.5. The summed E-state index contributed by atoms with van der Waals surface area (Å²) in [6, 6.07) is 0. The fourth-order valence-corrected chi connectivity index (χ4v) is 1.50. The van der Waals surface area contributed by atoms with Crippen LogP contribution in [0.5, 0.6) is 0 Å². The second kappa shape index (κ2) is 6.81. The summed E-state index contributed by atoms with van der Waals surface area (Å²) in [4.78, 5) is 19.5. The van der Waals surface area contributed by atoms with Crippen molar-refractivity contribution in [2.24, 2.45) is 5.41 Å². The summed E-state index contributed by atoms with van der Waals surface area (Å²) in [5.41, 5.74) is -0.283. The van der Waals surface area contributed by atoms with Crippen LogP contribution in [0.1, 0.15) is 31.4 Å². The quantitative estimate of drug-likeness (QED) is 0.774. The third-order valence-electron chi connectivity index (χ3n) is 2.36. The van der Waals surface area contributed by atoms with Crippen molar-refractivity contribution in [3.05, 3.63) is 16.5 Å². The van der Waals surface area contributed by atoms with E-state index in [1.165, 1.54) is 6.20 Å². The summed E-state index contributed by atoms with van der Waals surface area (Å²) in [6.45, 7) is 6.40. The van der Waals surface area contributed by atoms with Gasteiger partial charge in [-0.2, -0.15) is 0 Å². The molecule has 0 fully saturated rings. The highest BCUT2D eigenvalue weighted by Crippen LogP contribution is 2.21. The molecule has 19 heavy (non-hydrogen) atoms. The topological polar surface area (TPSA) is 84.3 Å². The molecule has 1 aromatic rings. The molecule has 0 aliphatic heterocycles. The molecule has 0 aliphatic rings. The number of aliphatic hydroxyl groups excluding tert-OH is 1. The van der Waals surface area contributed by atoms with Gasteiger partial charge in [-0.05, 0) is 22.9 Å². The highest BCUT2D eigenvalue weighted by Gasteiger charge is 2.18. The molecule has 0 unspecified atom stereocenters. The second-order valence-electron chi connectivity index (χ2n) is 4.79. The van der Waals surface area contributed by atoms with Gasteiger partial charge in [0.1, 0.15) is 5.82 Å². The monoisotopic (exact) mass is 331 g/mol. The molecular formula is C12H18BrN3O3. The molecule has 106 valence electrons. The van der Waals surface area contributed by atoms with E-state index in [0.717, 1.165) is 0 Å². The van der Waals surface area contributed by atoms with Crippen LogP contribution in [-0.4, -0.2) is 40.8 Å². The SMILES string of the molecule is CCOC(=O)c1ncc(Br)c(NCC(C)(C)CO)n1. The summed E-state index contributed by atoms with van der Waals surface area (Å²) in [7, 11) is 0. The van der Waals surface area contributed by atoms with Crippen molar-refractivity contribution in [3.8, 4) is 0 Å². The van der Waals surface area contributed by atoms with Crippen LogP contribution in [0.3, 0.4) is 0 Å². The van der Waals surface area contributed by atoms with Gasteiger partial charge in [0.25, 0.3) is 0 Å². The Balaban J connectivity index is 2.83. The van der Waals surface area contributed by atoms with Crippen LogP contribution in [0.25, 0.3) is 0 Å². The van der Waals surface area contributed by atoms with Gasteiger partial charge in [-0.3, -0.25) is 0 Å². The van der Waals surface area contributed by atoms with Gasteiger partial charge in [0.15, 0.2) is 0 Å². The number of nitrogens with zero attached hydrogens (tertiary/aromatic N) is 2. The van der Waals surface area contributed by atoms with E-state index in [9.17, 15) is 9.90 Å². The highest BCUT2D eigenvalue weighted by molar-refractivity contribution is 9.10. The van der Waals surface area contributed by atoms with Gasteiger partial charge >= 0.3 is 5.97 Å². The molecule has 0 saturated carbocycles. The summed E-state index contributed by atoms with van der Waals surface area (Å²) < 4.78 is 5.49. The lowest BCUT2D eigenvalue weighted by molar-refractivity contribution is 0.0512. The maximum atomic E-state index is 11.5. The number of carbonyl (C=O) groups excluding carboxylic acids is 1. The van der Waals surface area contributed by atoms with Crippen LogP contribution >= 0.6 is 15.9 Å². The molecule has 7 heteroatoms. The molecule has 0 radical (unpaired) electrons. The van der Waals surface area contributed by atoms with E-state index >= 15 is 0 Å². The average Bonchev–Trinajstić information content (AvgIpc) is 2.38. The predicted molar refractivity (Wildman–Crippen MR) is 75.0 cm³/mol. The average molecular weight is 332 g/mol. The van der Waals surface area contributed by atoms with Crippen LogP contribution in [-0.2, 0) is 4.74 Å². The number of aliphatic hydroxyl groups is 1. The van der Waals surface area contributed by atoms with Crippen LogP contribution in [0.15, 0.2) is 10.7 Å². The third kappa shape index (κ3) is 4.76. The minimum Gasteiger partial charge on any atom is -0.460 e. The van der Waals surface area contributed by atoms with E-state index in [0.29, 0.717) is 16.8 Å². The van der Waals surface area contributed by atoms with Gasteiger partial charge in [0, 0.05) is 24.8 Å². The minimum absolute atomic E-state index is 0.00866. The van der Waals surface area contributed by atoms with Crippen molar-refractivity contribution in [2.75, 3.05) is 25.1 Å². The van der Waals surface area contributed by atoms with Gasteiger partial charge in [0.2, 0.25) is 5.82 Å². The predicted octanol–water partition coefficient (Wildman–Crippen LogP) is 1.85. The lowest BCUT2D eigenvalue weighted by Crippen LogP contribution is -2.27. The largest absolute Gasteiger partial charge is 0.460 e. The first-order chi connectivity index (χ1) is 8.89. The fraction of sp³-hybridized carbons (Fsp3) is 0.583. The summed E-state index contributed by atoms with van der Waals surface area (Å²) in [5, 5.41) is 12.3. The molecule has 6 nitrogen and oxygen atoms in total. The van der Waals surface area contributed by atoms with Crippen molar-refractivity contribution in [1.82, 2.24) is 9.97 Å². The summed E-state index contributed by atoms with van der Waals surface area (Å²) in [5.74, 6) is -0.0478. The smallest absolute Gasteiger partial charge is 0.376 e. The molecule has 0 bridgehead atoms. The van der Waals surface area contributed by atoms with Crippen LogP contribution in [0.4, 0.5) is 5.82 Å². The van der Waals surface area contributed by atoms with Gasteiger partial charge < -0.3 is 15.2 Å². The van der Waals surface area contributed by atoms with Crippen LogP contribution in [0.2, 0.25) is 0 Å². The first-order valence-electron chi connectivity index (χ1n) is 5.94. The van der Waals surface area contributed by atoms with E-state index in [-0.39, 0.29) is 24.5 Å². The van der Waals surface area contributed by atoms with Crippen molar-refractivity contribution < 1.29 is 14.6 Å². The Morgan fingerprint density at radius 3 is 2.84 bits per heavy atom. The zero-order valence-electron chi connectivity index (χ0n) is 11.2. The zero-order valence-corrected chi connectivity index (χ0v) is 12.8. The number of ether oxygens (including phenoxy) is 1. The molecule has 0 spiro atoms. The fourth-order valence-electron chi connectivity index (χ4n) is 1.16. The van der Waals surface area contributed by atoms with Crippen molar-refractivity contribution >= 4 is 27.7 Å². The lowest BCUT2D eigenvalue weighted by Gasteiger charge is -2.22. The van der Waals surface area contributed by atoms with Crippen LogP contribution in [0, 0.1) is 5.41 Å². The normalized spacial score (nSPS) is 11.2. The first-order valence-corrected chi connectivity index (χ1v) is 6.73. The molecule has 1 heterocycles. The lowest BCUT2D eigenvalue weighted by atomic mass is 9.95. The van der Waals surface area contributed by atoms with E-state index in [4.69, 9.17) is 4.74 Å². The molecule has 2 N–H and O–H groups in total. The van der Waals surface area contributed by atoms with Crippen molar-refractivity contribution in [2.45, 2.75) is 20.8 Å². The molecule has 0 aromatic carbocycles. The van der Waals surface area contributed by atoms with E-state index in [1.807, 2.05) is 13.8 Å². The number of nitrogens with one attached hydrogen (secondary N) is 1. The Labute approximate surface area is 120 Å². The maximum absolute atomic E-state index is 11.5. The Morgan fingerprint density at radius 1 is 1.58 bits per heavy atom. The van der Waals surface area contributed by atoms with Crippen molar-refractivity contribution in [3.63, 3.8) is 0 Å². The summed E-state index contributed by atoms with van der Waals surface area (Å²) >= 11 is 3.31. The Morgan fingerprint density at radius 2 is 2.26 bits per heavy atom. The second-order valence-corrected chi connectivity index (χ2v) is 5.64. The van der Waals surface area contributed by atoms with Gasteiger partial charge in [-0.1, -0.05) is 13.8 Å². The molecule has 0 atom stereocenters. The molecular weight excluding hydrogens is 314 g/mol. The van der Waals surface area contributed by atoms with Crippen LogP contribution < -0.4 is 5.32 Å². The van der Waals surface area contributed by atoms with E-state index in [1.54, 1.807) is 6.92 Å². The van der Waals surface area contributed by atoms with Gasteiger partial charge in [-0.15, -0.1) is 0 Å². The standard InChI is InChI=1S/C12H18BrN3O3/c1-4-19-11(18)10-14-5-8(13)9(16-10)15-6-12(2,3)7-17/h5,17H,4,6-7H2,1-3H3,(H,14,15,16). The molecule has 1 aromatic heterocycles. The van der Waals surface area contributed by atoms with Gasteiger partial charge in [-0.25, -0.2) is 14.8 Å². The summed E-state index contributed by atoms with van der Waals surface area (Å²) in [6.07, 6.45) is 1.49. The van der Waals surface area contributed by atoms with Crippen molar-refractivity contribution in [1.29, 1.82) is 0 Å². The molecule has 0 saturated heterocycles. The number of hydrogen-bond acceptors (Lipinski definition) is 6. The van der Waals surface area contributed by atoms with Gasteiger partial charge in [0.05, 0.1) is 11.1 Å². The Hall–Kier alpha value is -1.21. The molecule has 0 aliphatic carbocycles. The Kier molecular flexibility index (Phi) is 5.68. The number of aromatic nitrogens is 2.